The van der Waals surface area contributed by atoms with Crippen LogP contribution in [-0.4, -0.2) is 244 Å². The second kappa shape index (κ2) is 34.8. The lowest BCUT2D eigenvalue weighted by Crippen LogP contribution is -2.46. The first kappa shape index (κ1) is 78.3. The van der Waals surface area contributed by atoms with Crippen LogP contribution in [0.2, 0.25) is 0 Å². The van der Waals surface area contributed by atoms with Crippen LogP contribution in [-0.2, 0) is 19.2 Å². The largest absolute Gasteiger partial charge is 0.371 e. The highest BCUT2D eigenvalue weighted by Gasteiger charge is 2.39. The van der Waals surface area contributed by atoms with Gasteiger partial charge in [-0.3, -0.25) is 77.1 Å². The highest BCUT2D eigenvalue weighted by molar-refractivity contribution is 6.30. The van der Waals surface area contributed by atoms with Crippen molar-refractivity contribution < 1.29 is 57.5 Å². The molecule has 16 rings (SSSR count). The predicted octanol–water partition coefficient (Wildman–Crippen LogP) is 9.37. The molecule has 4 N–H and O–H groups in total. The van der Waals surface area contributed by atoms with Gasteiger partial charge in [0.15, 0.2) is 0 Å². The van der Waals surface area contributed by atoms with Crippen molar-refractivity contribution in [1.29, 1.82) is 0 Å². The van der Waals surface area contributed by atoms with E-state index in [2.05, 4.69) is 40.9 Å². The summed E-state index contributed by atoms with van der Waals surface area (Å²) >= 11 is 0. The predicted molar refractivity (Wildman–Crippen MR) is 445 cm³/mol. The average molecular weight is 1570 g/mol. The Morgan fingerprint density at radius 1 is 0.250 bits per heavy atom. The van der Waals surface area contributed by atoms with Crippen molar-refractivity contribution in [3.05, 3.63) is 166 Å². The van der Waals surface area contributed by atoms with Gasteiger partial charge < -0.3 is 50.7 Å². The number of nitrogens with zero attached hydrogens (tertiary/aromatic N) is 10. The summed E-state index contributed by atoms with van der Waals surface area (Å²) in [4.78, 5) is 187. The first-order valence-corrected chi connectivity index (χ1v) is 41.8. The third kappa shape index (κ3) is 15.9. The van der Waals surface area contributed by atoms with Gasteiger partial charge in [0.05, 0.1) is 0 Å². The minimum Gasteiger partial charge on any atom is -0.371 e. The van der Waals surface area contributed by atoms with Crippen LogP contribution in [0.1, 0.15) is 186 Å². The Labute approximate surface area is 673 Å². The van der Waals surface area contributed by atoms with Crippen LogP contribution in [0, 0.1) is 0 Å². The second-order valence-corrected chi connectivity index (χ2v) is 31.8. The minimum atomic E-state index is -0.450. The van der Waals surface area contributed by atoms with Crippen LogP contribution in [0.3, 0.4) is 0 Å². The first-order valence-electron chi connectivity index (χ1n) is 41.8. The molecule has 4 fully saturated rings. The molecule has 4 saturated heterocycles. The summed E-state index contributed by atoms with van der Waals surface area (Å²) in [6.45, 7) is 7.45. The SMILES string of the molecule is O=C(CCN(CCC(=O)NCCN1C(=O)c2cccc3c(N4CCCCC4)ccc(c23)C1=O)CCN(CCC(=O)NCCN1C(=O)c2cccc3c(N4CCCCC4)ccc(c23)C1=O)CCC(=O)NCCN1C(=O)c2cccc3c(N4CCCCC4)ccc(c23)C1=O)NCCN1C(=O)c2cccc3c(N4CCCCC4)ccc(c23)C1=O. The molecule has 0 bridgehead atoms. The summed E-state index contributed by atoms with van der Waals surface area (Å²) in [5, 5.41) is 17.5. The molecule has 8 aliphatic rings. The lowest BCUT2D eigenvalue weighted by molar-refractivity contribution is -0.123. The average Bonchev–Trinajstić information content (AvgIpc) is 0.755. The fraction of sp³-hybridized carbons (Fsp3) is 0.422. The van der Waals surface area contributed by atoms with Crippen molar-refractivity contribution in [2.24, 2.45) is 0 Å². The van der Waals surface area contributed by atoms with Crippen LogP contribution in [0.5, 0.6) is 0 Å². The number of anilines is 4. The molecule has 26 heteroatoms. The van der Waals surface area contributed by atoms with Crippen molar-refractivity contribution in [3.63, 3.8) is 0 Å². The standard InChI is InChI=1S/C90H100N14O12/c105-75(91-37-53-101-83(109)63-21-13-17-59-71(97-41-5-1-6-42-97)29-25-67(79(59)63)87(101)113)33-49-95(50-34-76(106)92-38-54-102-84(110)64-22-14-18-60-72(98-43-7-2-8-44-98)30-26-68(80(60)64)88(102)114)57-58-96(51-35-77(107)93-39-55-103-85(111)65-23-15-19-61-73(99-45-9-3-10-46-99)31-27-69(81(61)65)89(103)115)52-36-78(108)94-40-56-104-86(112)66-24-16-20-62-74(100-47-11-4-12-48-100)32-28-70(82(62)66)90(104)116/h13-32H,1-12,33-58H2,(H,91,105)(H,92,106)(H,93,107)(H,94,108). The third-order valence-electron chi connectivity index (χ3n) is 24.6. The molecule has 602 valence electrons. The molecule has 0 unspecified atom stereocenters. The second-order valence-electron chi connectivity index (χ2n) is 31.8. The summed E-state index contributed by atoms with van der Waals surface area (Å²) in [5.41, 5.74) is 7.31. The van der Waals surface area contributed by atoms with E-state index in [1.165, 1.54) is 19.6 Å². The van der Waals surface area contributed by atoms with Gasteiger partial charge in [0.2, 0.25) is 23.6 Å². The van der Waals surface area contributed by atoms with Gasteiger partial charge in [-0.05, 0) is 150 Å². The van der Waals surface area contributed by atoms with Crippen molar-refractivity contribution in [3.8, 4) is 0 Å². The van der Waals surface area contributed by atoms with Crippen molar-refractivity contribution in [1.82, 2.24) is 50.7 Å². The van der Waals surface area contributed by atoms with Crippen LogP contribution in [0.4, 0.5) is 22.7 Å². The van der Waals surface area contributed by atoms with Crippen LogP contribution in [0.15, 0.2) is 121 Å². The van der Waals surface area contributed by atoms with E-state index in [0.717, 1.165) is 174 Å². The number of hydrogen-bond acceptors (Lipinski definition) is 18. The van der Waals surface area contributed by atoms with E-state index in [4.69, 9.17) is 0 Å². The lowest BCUT2D eigenvalue weighted by atomic mass is 9.92. The summed E-state index contributed by atoms with van der Waals surface area (Å²) in [6, 6.07) is 37.1. The maximum absolute atomic E-state index is 14.2. The summed E-state index contributed by atoms with van der Waals surface area (Å²) in [7, 11) is 0. The molecule has 12 amide bonds. The number of piperidine rings is 4. The van der Waals surface area contributed by atoms with E-state index >= 15 is 0 Å². The molecule has 0 aromatic heterocycles. The van der Waals surface area contributed by atoms with Gasteiger partial charge in [0.1, 0.15) is 0 Å². The number of carbonyl (C=O) groups excluding carboxylic acids is 12. The quantitative estimate of drug-likeness (QED) is 0.0294. The highest BCUT2D eigenvalue weighted by Crippen LogP contribution is 2.42. The zero-order valence-corrected chi connectivity index (χ0v) is 65.8. The monoisotopic (exact) mass is 1570 g/mol. The Hall–Kier alpha value is -11.6. The number of nitrogens with one attached hydrogen (secondary N) is 4. The van der Waals surface area contributed by atoms with Gasteiger partial charge in [-0.25, -0.2) is 0 Å². The van der Waals surface area contributed by atoms with Crippen LogP contribution < -0.4 is 40.9 Å². The molecule has 8 heterocycles. The van der Waals surface area contributed by atoms with Gasteiger partial charge in [0.25, 0.3) is 47.3 Å². The third-order valence-corrected chi connectivity index (χ3v) is 24.6. The molecule has 0 atom stereocenters. The molecular weight excluding hydrogens is 1470 g/mol. The number of carbonyl (C=O) groups is 12. The van der Waals surface area contributed by atoms with E-state index in [-0.39, 0.29) is 117 Å². The number of benzene rings is 8. The van der Waals surface area contributed by atoms with Gasteiger partial charge in [-0.15, -0.1) is 0 Å². The van der Waals surface area contributed by atoms with E-state index in [1.807, 2.05) is 82.6 Å². The Morgan fingerprint density at radius 3 is 0.655 bits per heavy atom. The molecule has 26 nitrogen and oxygen atoms in total. The smallest absolute Gasteiger partial charge is 0.261 e. The Bertz CT molecular complexity index is 4540. The molecule has 8 aromatic carbocycles. The maximum atomic E-state index is 14.2. The molecule has 116 heavy (non-hydrogen) atoms. The normalized spacial score (nSPS) is 17.0. The zero-order valence-electron chi connectivity index (χ0n) is 65.8. The molecule has 8 aliphatic heterocycles. The Balaban J connectivity index is 0.585. The molecule has 0 aliphatic carbocycles. The van der Waals surface area contributed by atoms with Gasteiger partial charge in [-0.2, -0.15) is 0 Å². The number of amides is 12. The van der Waals surface area contributed by atoms with E-state index in [9.17, 15) is 57.5 Å². The van der Waals surface area contributed by atoms with Gasteiger partial charge >= 0.3 is 0 Å². The van der Waals surface area contributed by atoms with Gasteiger partial charge in [-0.1, -0.05) is 48.5 Å². The van der Waals surface area contributed by atoms with Gasteiger partial charge in [0, 0.05) is 280 Å². The van der Waals surface area contributed by atoms with Crippen LogP contribution >= 0.6 is 0 Å². The lowest BCUT2D eigenvalue weighted by Gasteiger charge is -2.32. The van der Waals surface area contributed by atoms with Crippen molar-refractivity contribution >= 4 is 137 Å². The van der Waals surface area contributed by atoms with Crippen LogP contribution in [0.25, 0.3) is 43.1 Å². The number of imide groups is 4. The molecular formula is C90H100N14O12. The van der Waals surface area contributed by atoms with E-state index in [0.29, 0.717) is 66.1 Å². The Morgan fingerprint density at radius 2 is 0.448 bits per heavy atom. The van der Waals surface area contributed by atoms with Crippen molar-refractivity contribution in [2.45, 2.75) is 103 Å². The fourth-order valence-corrected chi connectivity index (χ4v) is 18.6. The van der Waals surface area contributed by atoms with E-state index in [1.54, 1.807) is 48.5 Å². The summed E-state index contributed by atoms with van der Waals surface area (Å²) < 4.78 is 0. The van der Waals surface area contributed by atoms with Crippen molar-refractivity contribution in [2.75, 3.05) is 164 Å². The summed E-state index contributed by atoms with van der Waals surface area (Å²) in [6.07, 6.45) is 12.8. The number of hydrogen-bond donors (Lipinski definition) is 4. The highest BCUT2D eigenvalue weighted by atomic mass is 16.2. The molecule has 8 aromatic rings. The topological polar surface area (TPSA) is 285 Å². The number of rotatable bonds is 31. The maximum Gasteiger partial charge on any atom is 0.261 e. The van der Waals surface area contributed by atoms with E-state index < -0.39 is 70.9 Å². The summed E-state index contributed by atoms with van der Waals surface area (Å²) in [5.74, 6) is -5.16. The first-order chi connectivity index (χ1) is 56.6. The molecule has 0 spiro atoms. The fourth-order valence-electron chi connectivity index (χ4n) is 18.6. The molecule has 0 radical (unpaired) electrons. The molecule has 0 saturated carbocycles. The zero-order chi connectivity index (χ0) is 80.1. The Kier molecular flexibility index (Phi) is 23.5. The minimum absolute atomic E-state index is 0.0418.